The van der Waals surface area contributed by atoms with Gasteiger partial charge < -0.3 is 25.0 Å². The van der Waals surface area contributed by atoms with Crippen molar-refractivity contribution in [1.82, 2.24) is 20.2 Å². The second kappa shape index (κ2) is 13.9. The summed E-state index contributed by atoms with van der Waals surface area (Å²) in [5, 5.41) is 6.67. The van der Waals surface area contributed by atoms with E-state index in [1.54, 1.807) is 0 Å². The molecule has 0 bridgehead atoms. The van der Waals surface area contributed by atoms with Crippen molar-refractivity contribution in [3.63, 3.8) is 0 Å². The van der Waals surface area contributed by atoms with Crippen molar-refractivity contribution in [3.05, 3.63) is 66.5 Å². The molecule has 0 amide bonds. The lowest BCUT2D eigenvalue weighted by Gasteiger charge is -2.19. The number of nitrogens with one attached hydrogen (secondary N) is 2. The Kier molecular flexibility index (Phi) is 10.7. The zero-order valence-corrected chi connectivity index (χ0v) is 22.4. The Morgan fingerprint density at radius 3 is 2.11 bits per heavy atom. The van der Waals surface area contributed by atoms with Gasteiger partial charge in [0.2, 0.25) is 5.95 Å². The molecule has 0 saturated carbocycles. The van der Waals surface area contributed by atoms with Crippen molar-refractivity contribution >= 4 is 11.6 Å². The van der Waals surface area contributed by atoms with Crippen LogP contribution >= 0.6 is 0 Å². The topological polar surface area (TPSA) is 71.5 Å². The Hall–Kier alpha value is -3.00. The van der Waals surface area contributed by atoms with Crippen molar-refractivity contribution in [2.45, 2.75) is 46.8 Å². The lowest BCUT2D eigenvalue weighted by molar-refractivity contribution is -0.000886. The van der Waals surface area contributed by atoms with E-state index in [1.165, 1.54) is 5.56 Å². The summed E-state index contributed by atoms with van der Waals surface area (Å²) in [6.07, 6.45) is 3.69. The SMILES string of the molecule is CCN(CC)CCOc1ccc(Nc2ncc(-c3ccc(CNCCOC(C)(C)C)cc3)cn2)cc1. The monoisotopic (exact) mass is 491 g/mol. The summed E-state index contributed by atoms with van der Waals surface area (Å²) in [6, 6.07) is 16.4. The zero-order valence-electron chi connectivity index (χ0n) is 22.4. The zero-order chi connectivity index (χ0) is 25.8. The highest BCUT2D eigenvalue weighted by Gasteiger charge is 2.09. The minimum absolute atomic E-state index is 0.0962. The van der Waals surface area contributed by atoms with Gasteiger partial charge in [-0.2, -0.15) is 0 Å². The molecule has 3 aromatic rings. The summed E-state index contributed by atoms with van der Waals surface area (Å²) in [5.41, 5.74) is 4.13. The normalized spacial score (nSPS) is 11.6. The summed E-state index contributed by atoms with van der Waals surface area (Å²) in [5.74, 6) is 1.42. The summed E-state index contributed by atoms with van der Waals surface area (Å²) < 4.78 is 11.6. The first-order valence-corrected chi connectivity index (χ1v) is 12.8. The van der Waals surface area contributed by atoms with Gasteiger partial charge >= 0.3 is 0 Å². The van der Waals surface area contributed by atoms with Gasteiger partial charge in [0.25, 0.3) is 0 Å². The Labute approximate surface area is 216 Å². The van der Waals surface area contributed by atoms with Crippen LogP contribution < -0.4 is 15.4 Å². The molecule has 2 aromatic carbocycles. The van der Waals surface area contributed by atoms with E-state index in [0.717, 1.165) is 55.3 Å². The van der Waals surface area contributed by atoms with E-state index in [1.807, 2.05) is 36.7 Å². The molecule has 2 N–H and O–H groups in total. The first-order valence-electron chi connectivity index (χ1n) is 12.8. The second-order valence-electron chi connectivity index (χ2n) is 9.65. The smallest absolute Gasteiger partial charge is 0.227 e. The van der Waals surface area contributed by atoms with Gasteiger partial charge in [-0.1, -0.05) is 38.1 Å². The maximum Gasteiger partial charge on any atom is 0.227 e. The van der Waals surface area contributed by atoms with E-state index in [2.05, 4.69) is 84.4 Å². The molecule has 0 radical (unpaired) electrons. The molecule has 3 rings (SSSR count). The number of likely N-dealkylation sites (N-methyl/N-ethyl adjacent to an activating group) is 1. The van der Waals surface area contributed by atoms with Crippen LogP contribution in [0.2, 0.25) is 0 Å². The van der Waals surface area contributed by atoms with Gasteiger partial charge in [-0.3, -0.25) is 0 Å². The van der Waals surface area contributed by atoms with Gasteiger partial charge in [0.05, 0.1) is 12.2 Å². The van der Waals surface area contributed by atoms with Crippen LogP contribution in [0.1, 0.15) is 40.2 Å². The van der Waals surface area contributed by atoms with Gasteiger partial charge in [-0.05, 0) is 69.3 Å². The number of rotatable bonds is 14. The van der Waals surface area contributed by atoms with Crippen LogP contribution in [0.4, 0.5) is 11.6 Å². The van der Waals surface area contributed by atoms with Crippen LogP contribution in [0, 0.1) is 0 Å². The third-order valence-corrected chi connectivity index (χ3v) is 5.76. The van der Waals surface area contributed by atoms with Crippen LogP contribution in [-0.4, -0.2) is 59.9 Å². The van der Waals surface area contributed by atoms with E-state index in [9.17, 15) is 0 Å². The third-order valence-electron chi connectivity index (χ3n) is 5.76. The number of nitrogens with zero attached hydrogens (tertiary/aromatic N) is 3. The van der Waals surface area contributed by atoms with E-state index in [0.29, 0.717) is 19.2 Å². The molecule has 0 spiro atoms. The molecule has 0 aliphatic heterocycles. The molecular formula is C29H41N5O2. The fraction of sp³-hybridized carbons (Fsp3) is 0.448. The molecule has 0 saturated heterocycles. The number of benzene rings is 2. The lowest BCUT2D eigenvalue weighted by atomic mass is 10.1. The largest absolute Gasteiger partial charge is 0.492 e. The van der Waals surface area contributed by atoms with E-state index in [-0.39, 0.29) is 5.60 Å². The van der Waals surface area contributed by atoms with E-state index >= 15 is 0 Å². The predicted molar refractivity (Wildman–Crippen MR) is 148 cm³/mol. The van der Waals surface area contributed by atoms with Gasteiger partial charge in [0.15, 0.2) is 0 Å². The number of hydrogen-bond donors (Lipinski definition) is 2. The Balaban J connectivity index is 1.45. The highest BCUT2D eigenvalue weighted by Crippen LogP contribution is 2.21. The minimum Gasteiger partial charge on any atom is -0.492 e. The number of hydrogen-bond acceptors (Lipinski definition) is 7. The first kappa shape index (κ1) is 27.6. The highest BCUT2D eigenvalue weighted by atomic mass is 16.5. The summed E-state index contributed by atoms with van der Waals surface area (Å²) in [4.78, 5) is 11.3. The highest BCUT2D eigenvalue weighted by molar-refractivity contribution is 5.63. The van der Waals surface area contributed by atoms with E-state index in [4.69, 9.17) is 9.47 Å². The predicted octanol–water partition coefficient (Wildman–Crippen LogP) is 5.51. The molecule has 7 nitrogen and oxygen atoms in total. The molecule has 7 heteroatoms. The molecule has 0 aliphatic rings. The average Bonchev–Trinajstić information content (AvgIpc) is 2.88. The van der Waals surface area contributed by atoms with Crippen molar-refractivity contribution in [2.24, 2.45) is 0 Å². The Morgan fingerprint density at radius 1 is 0.833 bits per heavy atom. The Bertz CT molecular complexity index is 1010. The molecule has 194 valence electrons. The molecule has 0 fully saturated rings. The maximum absolute atomic E-state index is 5.85. The van der Waals surface area contributed by atoms with Crippen LogP contribution in [0.15, 0.2) is 60.9 Å². The van der Waals surface area contributed by atoms with Crippen molar-refractivity contribution in [1.29, 1.82) is 0 Å². The molecule has 36 heavy (non-hydrogen) atoms. The van der Waals surface area contributed by atoms with Gasteiger partial charge in [0.1, 0.15) is 12.4 Å². The molecular weight excluding hydrogens is 450 g/mol. The van der Waals surface area contributed by atoms with Gasteiger partial charge in [-0.25, -0.2) is 9.97 Å². The standard InChI is InChI=1S/C29H41N5O2/c1-6-34(7-2)17-19-35-27-14-12-26(13-15-27)33-28-31-21-25(22-32-28)24-10-8-23(9-11-24)20-30-16-18-36-29(3,4)5/h8-15,21-22,30H,6-7,16-20H2,1-5H3,(H,31,32,33). The van der Waals surface area contributed by atoms with Crippen molar-refractivity contribution in [2.75, 3.05) is 44.7 Å². The maximum atomic E-state index is 5.85. The van der Waals surface area contributed by atoms with Crippen molar-refractivity contribution < 1.29 is 9.47 Å². The van der Waals surface area contributed by atoms with Crippen LogP contribution in [0.25, 0.3) is 11.1 Å². The fourth-order valence-corrected chi connectivity index (χ4v) is 3.61. The molecule has 1 aromatic heterocycles. The van der Waals surface area contributed by atoms with Crippen LogP contribution in [0.5, 0.6) is 5.75 Å². The van der Waals surface area contributed by atoms with Crippen molar-refractivity contribution in [3.8, 4) is 16.9 Å². The number of aromatic nitrogens is 2. The molecule has 0 atom stereocenters. The average molecular weight is 492 g/mol. The summed E-state index contributed by atoms with van der Waals surface area (Å²) >= 11 is 0. The fourth-order valence-electron chi connectivity index (χ4n) is 3.61. The minimum atomic E-state index is -0.0962. The molecule has 0 unspecified atom stereocenters. The third kappa shape index (κ3) is 9.57. The summed E-state index contributed by atoms with van der Waals surface area (Å²) in [6.45, 7) is 16.6. The molecule has 1 heterocycles. The van der Waals surface area contributed by atoms with Gasteiger partial charge in [0, 0.05) is 43.3 Å². The van der Waals surface area contributed by atoms with E-state index < -0.39 is 0 Å². The Morgan fingerprint density at radius 2 is 1.50 bits per heavy atom. The second-order valence-corrected chi connectivity index (χ2v) is 9.65. The number of anilines is 2. The van der Waals surface area contributed by atoms with Crippen LogP contribution in [0.3, 0.4) is 0 Å². The van der Waals surface area contributed by atoms with Crippen LogP contribution in [-0.2, 0) is 11.3 Å². The lowest BCUT2D eigenvalue weighted by Crippen LogP contribution is -2.27. The molecule has 0 aliphatic carbocycles. The quantitative estimate of drug-likeness (QED) is 0.288. The number of ether oxygens (including phenoxy) is 2. The summed E-state index contributed by atoms with van der Waals surface area (Å²) in [7, 11) is 0. The van der Waals surface area contributed by atoms with Gasteiger partial charge in [-0.15, -0.1) is 0 Å². The first-order chi connectivity index (χ1) is 17.4.